The number of hydrazine groups is 1. The van der Waals surface area contributed by atoms with E-state index in [1.54, 1.807) is 42.5 Å². The highest BCUT2D eigenvalue weighted by Gasteiger charge is 2.10. The fourth-order valence-electron chi connectivity index (χ4n) is 3.11. The van der Waals surface area contributed by atoms with Gasteiger partial charge in [-0.25, -0.2) is 0 Å². The molecule has 0 saturated heterocycles. The number of carbonyl (C=O) groups is 2. The van der Waals surface area contributed by atoms with Crippen molar-refractivity contribution in [1.29, 1.82) is 0 Å². The van der Waals surface area contributed by atoms with Gasteiger partial charge in [0.05, 0.1) is 10.0 Å². The largest absolute Gasteiger partial charge is 0.331 e. The van der Waals surface area contributed by atoms with Crippen LogP contribution in [0.1, 0.15) is 42.5 Å². The summed E-state index contributed by atoms with van der Waals surface area (Å²) in [7, 11) is 0. The maximum atomic E-state index is 12.5. The number of rotatable bonds is 8. The fourth-order valence-corrected chi connectivity index (χ4v) is 4.60. The van der Waals surface area contributed by atoms with E-state index < -0.39 is 5.91 Å². The van der Waals surface area contributed by atoms with Crippen molar-refractivity contribution < 1.29 is 9.59 Å². The van der Waals surface area contributed by atoms with Gasteiger partial charge in [0, 0.05) is 29.1 Å². The highest BCUT2D eigenvalue weighted by Crippen LogP contribution is 2.29. The molecular formula is C23H24Cl2N4O2S2. The average Bonchev–Trinajstić information content (AvgIpc) is 3.31. The number of halogens is 2. The van der Waals surface area contributed by atoms with Crippen LogP contribution >= 0.6 is 47.2 Å². The van der Waals surface area contributed by atoms with Crippen LogP contribution in [-0.2, 0) is 4.79 Å². The fraction of sp³-hybridized carbons (Fsp3) is 0.261. The zero-order valence-corrected chi connectivity index (χ0v) is 20.9. The molecule has 0 unspecified atom stereocenters. The summed E-state index contributed by atoms with van der Waals surface area (Å²) in [5.41, 5.74) is 6.72. The average molecular weight is 524 g/mol. The number of nitrogens with one attached hydrogen (secondary N) is 4. The van der Waals surface area contributed by atoms with Crippen molar-refractivity contribution in [2.45, 2.75) is 32.1 Å². The van der Waals surface area contributed by atoms with Gasteiger partial charge in [-0.3, -0.25) is 20.4 Å². The Hall–Kier alpha value is -2.26. The highest BCUT2D eigenvalue weighted by atomic mass is 35.5. The van der Waals surface area contributed by atoms with Crippen molar-refractivity contribution in [3.05, 3.63) is 69.1 Å². The van der Waals surface area contributed by atoms with Crippen molar-refractivity contribution in [2.24, 2.45) is 0 Å². The Kier molecular flexibility index (Phi) is 9.87. The molecule has 4 N–H and O–H groups in total. The van der Waals surface area contributed by atoms with Crippen LogP contribution in [0.3, 0.4) is 0 Å². The number of allylic oxidation sites excluding steroid dienone is 2. The van der Waals surface area contributed by atoms with Crippen LogP contribution < -0.4 is 21.5 Å². The van der Waals surface area contributed by atoms with Crippen LogP contribution in [0.2, 0.25) is 10.0 Å². The normalized spacial score (nSPS) is 12.6. The Morgan fingerprint density at radius 2 is 1.79 bits per heavy atom. The third-order valence-corrected chi connectivity index (χ3v) is 6.85. The molecule has 2 amide bonds. The minimum absolute atomic E-state index is 0.0641. The first-order valence-corrected chi connectivity index (χ1v) is 12.6. The summed E-state index contributed by atoms with van der Waals surface area (Å²) in [6.07, 6.45) is 6.76. The molecule has 0 aromatic heterocycles. The van der Waals surface area contributed by atoms with Crippen molar-refractivity contribution in [1.82, 2.24) is 10.9 Å². The van der Waals surface area contributed by atoms with Crippen LogP contribution in [-0.4, -0.2) is 22.7 Å². The zero-order chi connectivity index (χ0) is 23.6. The third-order valence-electron chi connectivity index (χ3n) is 4.73. The van der Waals surface area contributed by atoms with Gasteiger partial charge in [0.2, 0.25) is 5.91 Å². The van der Waals surface area contributed by atoms with Crippen molar-refractivity contribution >= 4 is 75.5 Å². The lowest BCUT2D eigenvalue weighted by Crippen LogP contribution is -2.43. The van der Waals surface area contributed by atoms with Crippen LogP contribution in [0.15, 0.2) is 53.4 Å². The van der Waals surface area contributed by atoms with Crippen molar-refractivity contribution in [3.63, 3.8) is 0 Å². The number of amides is 2. The van der Waals surface area contributed by atoms with Gasteiger partial charge in [-0.15, -0.1) is 11.8 Å². The molecule has 0 radical (unpaired) electrons. The molecule has 33 heavy (non-hydrogen) atoms. The van der Waals surface area contributed by atoms with E-state index in [2.05, 4.69) is 27.6 Å². The molecule has 1 aliphatic rings. The molecule has 1 aliphatic heterocycles. The van der Waals surface area contributed by atoms with Gasteiger partial charge in [-0.2, -0.15) is 0 Å². The summed E-state index contributed by atoms with van der Waals surface area (Å²) in [6, 6.07) is 11.7. The van der Waals surface area contributed by atoms with E-state index in [1.807, 2.05) is 11.8 Å². The maximum absolute atomic E-state index is 12.5. The molecule has 2 aromatic carbocycles. The first kappa shape index (κ1) is 25.4. The number of thiocarbonyl (C=S) groups is 1. The molecule has 0 saturated carbocycles. The quantitative estimate of drug-likeness (QED) is 0.189. The molecule has 0 aliphatic carbocycles. The van der Waals surface area contributed by atoms with Crippen LogP contribution in [0.4, 0.5) is 11.4 Å². The zero-order valence-electron chi connectivity index (χ0n) is 17.8. The molecule has 174 valence electrons. The molecule has 1 heterocycles. The number of hydrogen-bond donors (Lipinski definition) is 4. The topological polar surface area (TPSA) is 82.3 Å². The summed E-state index contributed by atoms with van der Waals surface area (Å²) in [6.45, 7) is 0. The van der Waals surface area contributed by atoms with Gasteiger partial charge in [-0.1, -0.05) is 35.3 Å². The Balaban J connectivity index is 1.41. The van der Waals surface area contributed by atoms with E-state index in [-0.39, 0.29) is 11.0 Å². The summed E-state index contributed by atoms with van der Waals surface area (Å²) >= 11 is 19.0. The van der Waals surface area contributed by atoms with Gasteiger partial charge >= 0.3 is 0 Å². The smallest absolute Gasteiger partial charge is 0.269 e. The molecule has 3 rings (SSSR count). The molecule has 6 nitrogen and oxygen atoms in total. The predicted octanol–water partition coefficient (Wildman–Crippen LogP) is 6.14. The number of carbonyl (C=O) groups excluding carboxylic acids is 2. The van der Waals surface area contributed by atoms with Crippen molar-refractivity contribution in [3.8, 4) is 0 Å². The molecule has 0 spiro atoms. The van der Waals surface area contributed by atoms with E-state index in [1.165, 1.54) is 10.7 Å². The van der Waals surface area contributed by atoms with Gasteiger partial charge in [0.1, 0.15) is 0 Å². The summed E-state index contributed by atoms with van der Waals surface area (Å²) in [4.78, 5) is 26.1. The molecular weight excluding hydrogens is 499 g/mol. The minimum Gasteiger partial charge on any atom is -0.331 e. The Bertz CT molecular complexity index is 1060. The third kappa shape index (κ3) is 8.55. The standard InChI is InChI=1S/C23H24Cl2N4O2S2/c24-19-11-10-17(14-20(19)25)27-23(32)29-28-22(31)15-5-3-6-16(13-15)26-21(30)9-2-1-7-18-8-4-12-33-18/h3,5-6,8,10-11,13-14H,1-2,4,7,9,12H2,(H,26,30)(H,28,31)(H2,27,29,32). The lowest BCUT2D eigenvalue weighted by molar-refractivity contribution is -0.116. The Morgan fingerprint density at radius 1 is 0.970 bits per heavy atom. The monoisotopic (exact) mass is 522 g/mol. The lowest BCUT2D eigenvalue weighted by atomic mass is 10.1. The van der Waals surface area contributed by atoms with Gasteiger partial charge < -0.3 is 10.6 Å². The Labute approximate surface area is 212 Å². The van der Waals surface area contributed by atoms with E-state index in [4.69, 9.17) is 35.4 Å². The summed E-state index contributed by atoms with van der Waals surface area (Å²) in [5.74, 6) is 0.715. The van der Waals surface area contributed by atoms with E-state index in [9.17, 15) is 9.59 Å². The number of unbranched alkanes of at least 4 members (excludes halogenated alkanes) is 1. The second kappa shape index (κ2) is 12.8. The van der Waals surface area contributed by atoms with Gasteiger partial charge in [0.25, 0.3) is 5.91 Å². The van der Waals surface area contributed by atoms with E-state index >= 15 is 0 Å². The molecule has 10 heteroatoms. The highest BCUT2D eigenvalue weighted by molar-refractivity contribution is 8.03. The van der Waals surface area contributed by atoms with Crippen LogP contribution in [0.5, 0.6) is 0 Å². The van der Waals surface area contributed by atoms with Crippen LogP contribution in [0.25, 0.3) is 0 Å². The second-order valence-electron chi connectivity index (χ2n) is 7.31. The first-order valence-electron chi connectivity index (χ1n) is 10.4. The first-order chi connectivity index (χ1) is 15.9. The number of thioether (sulfide) groups is 1. The number of anilines is 2. The maximum Gasteiger partial charge on any atom is 0.269 e. The van der Waals surface area contributed by atoms with Gasteiger partial charge in [-0.05, 0) is 79.2 Å². The molecule has 0 atom stereocenters. The molecule has 0 fully saturated rings. The predicted molar refractivity (Wildman–Crippen MR) is 142 cm³/mol. The van der Waals surface area contributed by atoms with Crippen LogP contribution in [0, 0.1) is 0 Å². The number of hydrogen-bond acceptors (Lipinski definition) is 4. The summed E-state index contributed by atoms with van der Waals surface area (Å²) in [5, 5.41) is 6.75. The second-order valence-corrected chi connectivity index (χ2v) is 9.75. The van der Waals surface area contributed by atoms with E-state index in [0.29, 0.717) is 33.4 Å². The lowest BCUT2D eigenvalue weighted by Gasteiger charge is -2.13. The van der Waals surface area contributed by atoms with Gasteiger partial charge in [0.15, 0.2) is 5.11 Å². The molecule has 2 aromatic rings. The molecule has 0 bridgehead atoms. The SMILES string of the molecule is O=C(CCCCC1=CCCS1)Nc1cccc(C(=O)NNC(=S)Nc2ccc(Cl)c(Cl)c2)c1. The van der Waals surface area contributed by atoms with E-state index in [0.717, 1.165) is 25.7 Å². The minimum atomic E-state index is -0.397. The number of benzene rings is 2. The Morgan fingerprint density at radius 3 is 2.55 bits per heavy atom. The summed E-state index contributed by atoms with van der Waals surface area (Å²) < 4.78 is 0. The van der Waals surface area contributed by atoms with Crippen molar-refractivity contribution in [2.75, 3.05) is 16.4 Å².